The van der Waals surface area contributed by atoms with Gasteiger partial charge in [0.25, 0.3) is 0 Å². The number of amides is 2. The van der Waals surface area contributed by atoms with Crippen LogP contribution in [0.25, 0.3) is 0 Å². The summed E-state index contributed by atoms with van der Waals surface area (Å²) in [6.07, 6.45) is 3.12. The molecule has 37 heavy (non-hydrogen) atoms. The lowest BCUT2D eigenvalue weighted by Crippen LogP contribution is -2.48. The van der Waals surface area contributed by atoms with Crippen molar-refractivity contribution in [2.45, 2.75) is 44.2 Å². The number of benzene rings is 2. The van der Waals surface area contributed by atoms with Crippen molar-refractivity contribution in [1.29, 1.82) is 0 Å². The number of halogens is 1. The molecule has 9 heteroatoms. The van der Waals surface area contributed by atoms with Crippen molar-refractivity contribution in [3.63, 3.8) is 0 Å². The summed E-state index contributed by atoms with van der Waals surface area (Å²) in [6.45, 7) is 3.44. The van der Waals surface area contributed by atoms with Crippen LogP contribution in [0.5, 0.6) is 11.5 Å². The molecule has 2 aromatic rings. The normalized spacial score (nSPS) is 22.9. The molecule has 2 amide bonds. The molecule has 2 aromatic carbocycles. The van der Waals surface area contributed by atoms with E-state index < -0.39 is 12.1 Å². The van der Waals surface area contributed by atoms with Crippen LogP contribution in [0.15, 0.2) is 42.5 Å². The fourth-order valence-electron chi connectivity index (χ4n) is 5.48. The van der Waals surface area contributed by atoms with Crippen molar-refractivity contribution in [1.82, 2.24) is 10.2 Å². The highest BCUT2D eigenvalue weighted by Crippen LogP contribution is 2.35. The lowest BCUT2D eigenvalue weighted by molar-refractivity contribution is -0.126. The summed E-state index contributed by atoms with van der Waals surface area (Å²) in [7, 11) is 0. The third-order valence-electron chi connectivity index (χ3n) is 7.56. The lowest BCUT2D eigenvalue weighted by Gasteiger charge is -2.30. The maximum atomic E-state index is 13.3. The maximum Gasteiger partial charge on any atom is 0.227 e. The summed E-state index contributed by atoms with van der Waals surface area (Å²) in [6, 6.07) is 12.0. The zero-order valence-electron chi connectivity index (χ0n) is 20.8. The minimum Gasteiger partial charge on any atom is -0.486 e. The number of nitrogens with zero attached hydrogens (tertiary/aromatic N) is 1. The average molecular weight is 528 g/mol. The fraction of sp³-hybridized carbons (Fsp3) is 0.500. The number of nitrogens with one attached hydrogen (secondary N) is 2. The number of ether oxygens (including phenoxy) is 2. The quantitative estimate of drug-likeness (QED) is 0.483. The highest BCUT2D eigenvalue weighted by atomic mass is 35.5. The Bertz CT molecular complexity index is 1110. The molecule has 4 atom stereocenters. The monoisotopic (exact) mass is 527 g/mol. The second-order valence-corrected chi connectivity index (χ2v) is 10.6. The number of hydrogen-bond donors (Lipinski definition) is 3. The minimum atomic E-state index is -0.897. The summed E-state index contributed by atoms with van der Waals surface area (Å²) in [5.74, 6) is 0.585. The van der Waals surface area contributed by atoms with Gasteiger partial charge in [-0.25, -0.2) is 0 Å². The van der Waals surface area contributed by atoms with Gasteiger partial charge < -0.3 is 30.1 Å². The highest BCUT2D eigenvalue weighted by Gasteiger charge is 2.36. The standard InChI is InChI=1S/C28H34ClN3O5/c29-21-6-8-22(9-7-21)30-27(34)19-3-4-20(15-19)28(35)31-23(17-32-11-1-2-12-32)26(33)18-5-10-24-25(16-18)37-14-13-36-24/h5-10,16,19-20,23,26,33H,1-4,11-15,17H2,(H,30,34)(H,31,35)/t19?,20?,23-,26-/m1/s1. The minimum absolute atomic E-state index is 0.0810. The molecule has 2 aliphatic heterocycles. The first kappa shape index (κ1) is 25.8. The Kier molecular flexibility index (Phi) is 8.17. The van der Waals surface area contributed by atoms with Gasteiger partial charge in [0, 0.05) is 29.1 Å². The molecule has 0 radical (unpaired) electrons. The third kappa shape index (κ3) is 6.37. The van der Waals surface area contributed by atoms with Crippen molar-refractivity contribution in [2.75, 3.05) is 38.2 Å². The lowest BCUT2D eigenvalue weighted by atomic mass is 9.98. The van der Waals surface area contributed by atoms with E-state index in [2.05, 4.69) is 15.5 Å². The predicted octanol–water partition coefficient (Wildman–Crippen LogP) is 3.78. The third-order valence-corrected chi connectivity index (χ3v) is 7.81. The van der Waals surface area contributed by atoms with Crippen LogP contribution >= 0.6 is 11.6 Å². The Hall–Kier alpha value is -2.81. The van der Waals surface area contributed by atoms with E-state index in [4.69, 9.17) is 21.1 Å². The second kappa shape index (κ2) is 11.7. The number of hydrogen-bond acceptors (Lipinski definition) is 6. The van der Waals surface area contributed by atoms with Gasteiger partial charge in [0.05, 0.1) is 6.04 Å². The van der Waals surface area contributed by atoms with Gasteiger partial charge in [0.1, 0.15) is 19.3 Å². The molecule has 2 unspecified atom stereocenters. The van der Waals surface area contributed by atoms with E-state index in [0.717, 1.165) is 25.9 Å². The molecule has 0 spiro atoms. The van der Waals surface area contributed by atoms with Crippen LogP contribution < -0.4 is 20.1 Å². The Morgan fingerprint density at radius 2 is 1.65 bits per heavy atom. The van der Waals surface area contributed by atoms with Gasteiger partial charge in [-0.3, -0.25) is 9.59 Å². The number of rotatable bonds is 8. The number of carbonyl (C=O) groups is 2. The Morgan fingerprint density at radius 3 is 2.38 bits per heavy atom. The maximum absolute atomic E-state index is 13.3. The predicted molar refractivity (Wildman–Crippen MR) is 141 cm³/mol. The van der Waals surface area contributed by atoms with Crippen LogP contribution in [0.3, 0.4) is 0 Å². The largest absolute Gasteiger partial charge is 0.486 e. The molecule has 8 nitrogen and oxygen atoms in total. The van der Waals surface area contributed by atoms with Crippen LogP contribution in [0.4, 0.5) is 5.69 Å². The number of carbonyl (C=O) groups excluding carboxylic acids is 2. The van der Waals surface area contributed by atoms with E-state index in [9.17, 15) is 14.7 Å². The SMILES string of the molecule is O=C(Nc1ccc(Cl)cc1)C1CCC(C(=O)N[C@H](CN2CCCC2)[C@H](O)c2ccc3c(c2)OCCO3)C1. The number of fused-ring (bicyclic) bond motifs is 1. The summed E-state index contributed by atoms with van der Waals surface area (Å²) >= 11 is 5.93. The summed E-state index contributed by atoms with van der Waals surface area (Å²) < 4.78 is 11.3. The van der Waals surface area contributed by atoms with Crippen molar-refractivity contribution in [3.05, 3.63) is 53.1 Å². The second-order valence-electron chi connectivity index (χ2n) is 10.2. The van der Waals surface area contributed by atoms with Crippen molar-refractivity contribution in [3.8, 4) is 11.5 Å². The van der Waals surface area contributed by atoms with Crippen LogP contribution in [-0.2, 0) is 9.59 Å². The molecule has 1 aliphatic carbocycles. The van der Waals surface area contributed by atoms with Crippen LogP contribution in [0.1, 0.15) is 43.8 Å². The zero-order chi connectivity index (χ0) is 25.8. The van der Waals surface area contributed by atoms with Crippen LogP contribution in [0, 0.1) is 11.8 Å². The summed E-state index contributed by atoms with van der Waals surface area (Å²) in [5, 5.41) is 18.0. The van der Waals surface area contributed by atoms with Gasteiger partial charge in [0.2, 0.25) is 11.8 Å². The smallest absolute Gasteiger partial charge is 0.227 e. The van der Waals surface area contributed by atoms with E-state index in [-0.39, 0.29) is 23.7 Å². The van der Waals surface area contributed by atoms with Gasteiger partial charge >= 0.3 is 0 Å². The molecular formula is C28H34ClN3O5. The molecule has 198 valence electrons. The molecule has 5 rings (SSSR count). The Labute approximate surface area is 222 Å². The van der Waals surface area contributed by atoms with E-state index in [1.165, 1.54) is 0 Å². The molecule has 2 heterocycles. The zero-order valence-corrected chi connectivity index (χ0v) is 21.6. The van der Waals surface area contributed by atoms with E-state index in [1.54, 1.807) is 30.3 Å². The first-order valence-electron chi connectivity index (χ1n) is 13.1. The van der Waals surface area contributed by atoms with Gasteiger partial charge in [0.15, 0.2) is 11.5 Å². The van der Waals surface area contributed by atoms with E-state index in [1.807, 2.05) is 12.1 Å². The topological polar surface area (TPSA) is 100 Å². The van der Waals surface area contributed by atoms with Gasteiger partial charge in [-0.1, -0.05) is 17.7 Å². The number of aliphatic hydroxyl groups is 1. The average Bonchev–Trinajstić information content (AvgIpc) is 3.62. The molecular weight excluding hydrogens is 494 g/mol. The molecule has 3 N–H and O–H groups in total. The summed E-state index contributed by atoms with van der Waals surface area (Å²) in [4.78, 5) is 28.4. The fourth-order valence-corrected chi connectivity index (χ4v) is 5.61. The molecule has 3 aliphatic rings. The van der Waals surface area contributed by atoms with Crippen LogP contribution in [0.2, 0.25) is 5.02 Å². The molecule has 0 aromatic heterocycles. The van der Waals surface area contributed by atoms with Crippen molar-refractivity contribution >= 4 is 29.1 Å². The Morgan fingerprint density at radius 1 is 0.973 bits per heavy atom. The molecule has 1 saturated carbocycles. The molecule has 2 fully saturated rings. The highest BCUT2D eigenvalue weighted by molar-refractivity contribution is 6.30. The van der Waals surface area contributed by atoms with Gasteiger partial charge in [-0.2, -0.15) is 0 Å². The van der Waals surface area contributed by atoms with Crippen molar-refractivity contribution in [2.24, 2.45) is 11.8 Å². The molecule has 1 saturated heterocycles. The van der Waals surface area contributed by atoms with Gasteiger partial charge in [-0.15, -0.1) is 0 Å². The number of anilines is 1. The van der Waals surface area contributed by atoms with Crippen molar-refractivity contribution < 1.29 is 24.2 Å². The summed E-state index contributed by atoms with van der Waals surface area (Å²) in [5.41, 5.74) is 1.37. The number of likely N-dealkylation sites (tertiary alicyclic amines) is 1. The molecule has 0 bridgehead atoms. The van der Waals surface area contributed by atoms with Gasteiger partial charge in [-0.05, 0) is 87.2 Å². The number of aliphatic hydroxyl groups excluding tert-OH is 1. The first-order chi connectivity index (χ1) is 18.0. The van der Waals surface area contributed by atoms with E-state index in [0.29, 0.717) is 66.8 Å². The van der Waals surface area contributed by atoms with E-state index >= 15 is 0 Å². The first-order valence-corrected chi connectivity index (χ1v) is 13.5. The Balaban J connectivity index is 1.23. The van der Waals surface area contributed by atoms with Crippen LogP contribution in [-0.4, -0.2) is 60.7 Å².